The fourth-order valence-corrected chi connectivity index (χ4v) is 3.54. The van der Waals surface area contributed by atoms with E-state index in [2.05, 4.69) is 10.2 Å². The summed E-state index contributed by atoms with van der Waals surface area (Å²) in [4.78, 5) is 14.4. The summed E-state index contributed by atoms with van der Waals surface area (Å²) in [5.74, 6) is -0.932. The number of halogens is 1. The van der Waals surface area contributed by atoms with Crippen molar-refractivity contribution in [2.75, 3.05) is 40.4 Å². The summed E-state index contributed by atoms with van der Waals surface area (Å²) < 4.78 is 38.4. The van der Waals surface area contributed by atoms with Crippen molar-refractivity contribution in [3.63, 3.8) is 0 Å². The average Bonchev–Trinajstić information content (AvgIpc) is 2.62. The summed E-state index contributed by atoms with van der Waals surface area (Å²) in [6.07, 6.45) is 1.05. The third-order valence-corrected chi connectivity index (χ3v) is 5.22. The van der Waals surface area contributed by atoms with Crippen LogP contribution < -0.4 is 14.5 Å². The van der Waals surface area contributed by atoms with Gasteiger partial charge in [-0.1, -0.05) is 0 Å². The first kappa shape index (κ1) is 20.7. The molecular weight excluding hydrogens is 369 g/mol. The van der Waals surface area contributed by atoms with Crippen LogP contribution in [-0.4, -0.2) is 40.2 Å². The van der Waals surface area contributed by atoms with Crippen LogP contribution in [0.5, 0.6) is 0 Å². The number of sulfonamides is 1. The Morgan fingerprint density at radius 1 is 0.963 bits per heavy atom. The van der Waals surface area contributed by atoms with E-state index in [4.69, 9.17) is 0 Å². The van der Waals surface area contributed by atoms with Gasteiger partial charge in [0, 0.05) is 24.5 Å². The third-order valence-electron chi connectivity index (χ3n) is 4.08. The number of nitrogens with one attached hydrogen (secondary N) is 1. The number of anilines is 3. The highest BCUT2D eigenvalue weighted by Gasteiger charge is 2.21. The van der Waals surface area contributed by atoms with Gasteiger partial charge in [0.1, 0.15) is 12.4 Å². The van der Waals surface area contributed by atoms with Gasteiger partial charge in [0.2, 0.25) is 15.9 Å². The van der Waals surface area contributed by atoms with E-state index >= 15 is 0 Å². The first-order valence-electron chi connectivity index (χ1n) is 8.62. The highest BCUT2D eigenvalue weighted by atomic mass is 32.2. The molecule has 1 amide bonds. The lowest BCUT2D eigenvalue weighted by molar-refractivity contribution is -0.114. The number of hydrogen-bond acceptors (Lipinski definition) is 4. The van der Waals surface area contributed by atoms with E-state index in [1.165, 1.54) is 24.3 Å². The second-order valence-corrected chi connectivity index (χ2v) is 7.92. The van der Waals surface area contributed by atoms with Gasteiger partial charge in [-0.15, -0.1) is 0 Å². The van der Waals surface area contributed by atoms with E-state index in [-0.39, 0.29) is 6.54 Å². The van der Waals surface area contributed by atoms with Gasteiger partial charge in [0.15, 0.2) is 0 Å². The zero-order valence-electron chi connectivity index (χ0n) is 15.6. The van der Waals surface area contributed by atoms with Gasteiger partial charge < -0.3 is 10.2 Å². The fraction of sp³-hybridized carbons (Fsp3) is 0.316. The summed E-state index contributed by atoms with van der Waals surface area (Å²) in [7, 11) is -3.66. The maximum atomic E-state index is 12.9. The van der Waals surface area contributed by atoms with Crippen LogP contribution in [0.2, 0.25) is 0 Å². The second kappa shape index (κ2) is 8.85. The quantitative estimate of drug-likeness (QED) is 0.748. The molecular formula is C19H24FN3O3S. The van der Waals surface area contributed by atoms with Crippen LogP contribution in [-0.2, 0) is 14.8 Å². The highest BCUT2D eigenvalue weighted by Crippen LogP contribution is 2.22. The Balaban J connectivity index is 2.18. The molecule has 0 aliphatic rings. The maximum absolute atomic E-state index is 12.9. The van der Waals surface area contributed by atoms with Crippen molar-refractivity contribution in [3.05, 3.63) is 54.3 Å². The lowest BCUT2D eigenvalue weighted by Gasteiger charge is -2.24. The Morgan fingerprint density at radius 3 is 1.96 bits per heavy atom. The molecule has 6 nitrogen and oxygen atoms in total. The molecule has 0 radical (unpaired) electrons. The fourth-order valence-electron chi connectivity index (χ4n) is 2.68. The molecule has 0 heterocycles. The largest absolute Gasteiger partial charge is 0.372 e. The first-order valence-corrected chi connectivity index (χ1v) is 10.5. The summed E-state index contributed by atoms with van der Waals surface area (Å²) in [6.45, 7) is 5.39. The molecule has 0 saturated carbocycles. The Hall–Kier alpha value is -2.61. The molecule has 0 aliphatic carbocycles. The minimum absolute atomic E-state index is 0.374. The average molecular weight is 393 g/mol. The standard InChI is InChI=1S/C19H24FN3O3S/c1-4-22(5-2)17-10-12-18(13-11-17)23(27(3,25)26)14-19(24)21-16-8-6-15(20)7-9-16/h6-13H,4-5,14H2,1-3H3,(H,21,24). The maximum Gasteiger partial charge on any atom is 0.245 e. The smallest absolute Gasteiger partial charge is 0.245 e. The molecule has 0 spiro atoms. The van der Waals surface area contributed by atoms with Crippen LogP contribution in [0.25, 0.3) is 0 Å². The second-order valence-electron chi connectivity index (χ2n) is 6.01. The van der Waals surface area contributed by atoms with Crippen molar-refractivity contribution in [2.24, 2.45) is 0 Å². The SMILES string of the molecule is CCN(CC)c1ccc(N(CC(=O)Nc2ccc(F)cc2)S(C)(=O)=O)cc1. The van der Waals surface area contributed by atoms with Gasteiger partial charge in [-0.3, -0.25) is 9.10 Å². The van der Waals surface area contributed by atoms with Crippen molar-refractivity contribution in [2.45, 2.75) is 13.8 Å². The monoisotopic (exact) mass is 393 g/mol. The van der Waals surface area contributed by atoms with Gasteiger partial charge in [-0.05, 0) is 62.4 Å². The third kappa shape index (κ3) is 5.68. The van der Waals surface area contributed by atoms with Crippen molar-refractivity contribution in [3.8, 4) is 0 Å². The summed E-state index contributed by atoms with van der Waals surface area (Å²) in [5, 5.41) is 2.57. The van der Waals surface area contributed by atoms with E-state index in [1.807, 2.05) is 26.0 Å². The lowest BCUT2D eigenvalue weighted by atomic mass is 10.2. The highest BCUT2D eigenvalue weighted by molar-refractivity contribution is 7.92. The Labute approximate surface area is 159 Å². The van der Waals surface area contributed by atoms with Crippen molar-refractivity contribution < 1.29 is 17.6 Å². The molecule has 2 aromatic carbocycles. The molecule has 2 rings (SSSR count). The zero-order valence-corrected chi connectivity index (χ0v) is 16.5. The number of nitrogens with zero attached hydrogens (tertiary/aromatic N) is 2. The molecule has 0 unspecified atom stereocenters. The van der Waals surface area contributed by atoms with E-state index < -0.39 is 21.7 Å². The first-order chi connectivity index (χ1) is 12.7. The Kier molecular flexibility index (Phi) is 6.79. The van der Waals surface area contributed by atoms with Crippen LogP contribution >= 0.6 is 0 Å². The molecule has 0 aromatic heterocycles. The van der Waals surface area contributed by atoms with Crippen LogP contribution in [0.15, 0.2) is 48.5 Å². The predicted molar refractivity (Wildman–Crippen MR) is 107 cm³/mol. The molecule has 0 fully saturated rings. The molecule has 0 saturated heterocycles. The van der Waals surface area contributed by atoms with Gasteiger partial charge in [-0.25, -0.2) is 12.8 Å². The van der Waals surface area contributed by atoms with E-state index in [9.17, 15) is 17.6 Å². The summed E-state index contributed by atoms with van der Waals surface area (Å²) in [5.41, 5.74) is 1.78. The van der Waals surface area contributed by atoms with Crippen LogP contribution in [0, 0.1) is 5.82 Å². The number of rotatable bonds is 8. The molecule has 146 valence electrons. The van der Waals surface area contributed by atoms with Crippen molar-refractivity contribution in [1.29, 1.82) is 0 Å². The number of carbonyl (C=O) groups excluding carboxylic acids is 1. The summed E-state index contributed by atoms with van der Waals surface area (Å²) >= 11 is 0. The van der Waals surface area contributed by atoms with E-state index in [0.717, 1.165) is 29.3 Å². The molecule has 8 heteroatoms. The molecule has 27 heavy (non-hydrogen) atoms. The molecule has 0 bridgehead atoms. The molecule has 0 atom stereocenters. The van der Waals surface area contributed by atoms with E-state index in [0.29, 0.717) is 11.4 Å². The number of amides is 1. The van der Waals surface area contributed by atoms with Crippen LogP contribution in [0.3, 0.4) is 0 Å². The summed E-state index contributed by atoms with van der Waals surface area (Å²) in [6, 6.07) is 12.3. The number of carbonyl (C=O) groups is 1. The Bertz CT molecular complexity index is 864. The molecule has 0 aliphatic heterocycles. The topological polar surface area (TPSA) is 69.7 Å². The van der Waals surface area contributed by atoms with E-state index in [1.54, 1.807) is 12.1 Å². The van der Waals surface area contributed by atoms with Gasteiger partial charge in [0.25, 0.3) is 0 Å². The molecule has 2 aromatic rings. The van der Waals surface area contributed by atoms with Crippen molar-refractivity contribution in [1.82, 2.24) is 0 Å². The minimum Gasteiger partial charge on any atom is -0.372 e. The van der Waals surface area contributed by atoms with Gasteiger partial charge >= 0.3 is 0 Å². The normalized spacial score (nSPS) is 11.1. The lowest BCUT2D eigenvalue weighted by Crippen LogP contribution is -2.37. The van der Waals surface area contributed by atoms with Gasteiger partial charge in [-0.2, -0.15) is 0 Å². The zero-order chi connectivity index (χ0) is 20.0. The van der Waals surface area contributed by atoms with Crippen molar-refractivity contribution >= 4 is 33.0 Å². The van der Waals surface area contributed by atoms with Crippen LogP contribution in [0.1, 0.15) is 13.8 Å². The van der Waals surface area contributed by atoms with Gasteiger partial charge in [0.05, 0.1) is 11.9 Å². The Morgan fingerprint density at radius 2 is 1.48 bits per heavy atom. The van der Waals surface area contributed by atoms with Crippen LogP contribution in [0.4, 0.5) is 21.5 Å². The number of benzene rings is 2. The predicted octanol–water partition coefficient (Wildman–Crippen LogP) is 3.08. The number of hydrogen-bond donors (Lipinski definition) is 1. The molecule has 1 N–H and O–H groups in total. The minimum atomic E-state index is -3.66.